The molecule has 1 aromatic carbocycles. The van der Waals surface area contributed by atoms with Gasteiger partial charge in [0, 0.05) is 13.6 Å². The number of thioether (sulfide) groups is 1. The summed E-state index contributed by atoms with van der Waals surface area (Å²) < 4.78 is 7.20. The summed E-state index contributed by atoms with van der Waals surface area (Å²) >= 11 is 1.38. The molecule has 1 amide bonds. The Labute approximate surface area is 144 Å². The minimum Gasteiger partial charge on any atom is -0.467 e. The number of carbonyl (C=O) groups excluding carboxylic acids is 1. The lowest BCUT2D eigenvalue weighted by Gasteiger charge is -2.17. The zero-order valence-electron chi connectivity index (χ0n) is 13.3. The number of hydrogen-bond acceptors (Lipinski definition) is 5. The fourth-order valence-electron chi connectivity index (χ4n) is 2.22. The van der Waals surface area contributed by atoms with Crippen molar-refractivity contribution in [1.29, 1.82) is 0 Å². The Hall–Kier alpha value is -2.54. The van der Waals surface area contributed by atoms with Gasteiger partial charge in [-0.2, -0.15) is 0 Å². The minimum absolute atomic E-state index is 0.0522. The fourth-order valence-corrected chi connectivity index (χ4v) is 3.07. The van der Waals surface area contributed by atoms with Crippen molar-refractivity contribution in [3.63, 3.8) is 0 Å². The summed E-state index contributed by atoms with van der Waals surface area (Å²) in [5, 5.41) is 8.70. The number of furan rings is 1. The quantitative estimate of drug-likeness (QED) is 0.618. The highest BCUT2D eigenvalue weighted by molar-refractivity contribution is 7.99. The lowest BCUT2D eigenvalue weighted by Crippen LogP contribution is -2.27. The molecular weight excluding hydrogens is 324 g/mol. The molecule has 2 aromatic heterocycles. The van der Waals surface area contributed by atoms with E-state index in [9.17, 15) is 4.79 Å². The van der Waals surface area contributed by atoms with Gasteiger partial charge in [0.15, 0.2) is 5.16 Å². The van der Waals surface area contributed by atoms with Gasteiger partial charge in [0.25, 0.3) is 0 Å². The van der Waals surface area contributed by atoms with E-state index in [0.717, 1.165) is 11.3 Å². The van der Waals surface area contributed by atoms with Gasteiger partial charge in [0.05, 0.1) is 18.6 Å². The first-order valence-corrected chi connectivity index (χ1v) is 8.52. The van der Waals surface area contributed by atoms with Crippen LogP contribution in [0.3, 0.4) is 0 Å². The molecule has 0 unspecified atom stereocenters. The Kier molecular flexibility index (Phi) is 5.32. The van der Waals surface area contributed by atoms with Gasteiger partial charge in [-0.15, -0.1) is 10.2 Å². The predicted molar refractivity (Wildman–Crippen MR) is 91.5 cm³/mol. The fraction of sp³-hybridized carbons (Fsp3) is 0.235. The Bertz CT molecular complexity index is 771. The van der Waals surface area contributed by atoms with Crippen molar-refractivity contribution in [2.45, 2.75) is 18.2 Å². The van der Waals surface area contributed by atoms with E-state index in [4.69, 9.17) is 4.42 Å². The van der Waals surface area contributed by atoms with Crippen molar-refractivity contribution >= 4 is 17.7 Å². The molecule has 3 rings (SSSR count). The standard InChI is InChI=1S/C17H18N4O2S/c1-20(10-14-6-3-2-4-7-14)16(22)12-24-17-19-18-13-21(17)11-15-8-5-9-23-15/h2-9,13H,10-12H2,1H3. The van der Waals surface area contributed by atoms with Gasteiger partial charge >= 0.3 is 0 Å². The smallest absolute Gasteiger partial charge is 0.233 e. The summed E-state index contributed by atoms with van der Waals surface area (Å²) in [6, 6.07) is 13.7. The van der Waals surface area contributed by atoms with E-state index in [2.05, 4.69) is 10.2 Å². The van der Waals surface area contributed by atoms with E-state index < -0.39 is 0 Å². The molecule has 0 aliphatic heterocycles. The molecule has 3 aromatic rings. The van der Waals surface area contributed by atoms with Crippen LogP contribution in [0.25, 0.3) is 0 Å². The van der Waals surface area contributed by atoms with E-state index >= 15 is 0 Å². The maximum absolute atomic E-state index is 12.3. The maximum atomic E-state index is 12.3. The third kappa shape index (κ3) is 4.26. The van der Waals surface area contributed by atoms with E-state index in [1.54, 1.807) is 17.5 Å². The number of amides is 1. The number of carbonyl (C=O) groups is 1. The lowest BCUT2D eigenvalue weighted by molar-refractivity contribution is -0.127. The second kappa shape index (κ2) is 7.83. The summed E-state index contributed by atoms with van der Waals surface area (Å²) in [6.07, 6.45) is 3.28. The van der Waals surface area contributed by atoms with E-state index in [1.165, 1.54) is 11.8 Å². The minimum atomic E-state index is 0.0522. The third-order valence-electron chi connectivity index (χ3n) is 3.50. The van der Waals surface area contributed by atoms with E-state index in [0.29, 0.717) is 24.0 Å². The average Bonchev–Trinajstić information content (AvgIpc) is 3.26. The summed E-state index contributed by atoms with van der Waals surface area (Å²) in [4.78, 5) is 14.0. The largest absolute Gasteiger partial charge is 0.467 e. The normalized spacial score (nSPS) is 10.7. The molecule has 0 aliphatic carbocycles. The Morgan fingerprint density at radius 2 is 2.08 bits per heavy atom. The van der Waals surface area contributed by atoms with Crippen LogP contribution < -0.4 is 0 Å². The molecule has 0 fully saturated rings. The zero-order valence-corrected chi connectivity index (χ0v) is 14.1. The molecule has 2 heterocycles. The van der Waals surface area contributed by atoms with Gasteiger partial charge in [-0.1, -0.05) is 42.1 Å². The summed E-state index contributed by atoms with van der Waals surface area (Å²) in [6.45, 7) is 1.15. The predicted octanol–water partition coefficient (Wildman–Crippen LogP) is 2.67. The molecule has 0 saturated carbocycles. The highest BCUT2D eigenvalue weighted by atomic mass is 32.2. The molecule has 0 N–H and O–H groups in total. The number of hydrogen-bond donors (Lipinski definition) is 0. The highest BCUT2D eigenvalue weighted by Crippen LogP contribution is 2.17. The Morgan fingerprint density at radius 1 is 1.25 bits per heavy atom. The number of nitrogens with zero attached hydrogens (tertiary/aromatic N) is 4. The molecule has 0 spiro atoms. The highest BCUT2D eigenvalue weighted by Gasteiger charge is 2.13. The molecule has 124 valence electrons. The van der Waals surface area contributed by atoms with E-state index in [1.807, 2.05) is 54.1 Å². The molecule has 0 bridgehead atoms. The number of rotatable bonds is 7. The van der Waals surface area contributed by atoms with Crippen molar-refractivity contribution in [3.8, 4) is 0 Å². The Morgan fingerprint density at radius 3 is 2.83 bits per heavy atom. The van der Waals surface area contributed by atoms with Crippen molar-refractivity contribution in [2.24, 2.45) is 0 Å². The summed E-state index contributed by atoms with van der Waals surface area (Å²) in [5.74, 6) is 1.20. The average molecular weight is 342 g/mol. The monoisotopic (exact) mass is 342 g/mol. The molecule has 6 nitrogen and oxygen atoms in total. The topological polar surface area (TPSA) is 64.2 Å². The molecule has 0 aliphatic rings. The van der Waals surface area contributed by atoms with Crippen molar-refractivity contribution in [3.05, 3.63) is 66.4 Å². The van der Waals surface area contributed by atoms with Crippen LogP contribution in [0.4, 0.5) is 0 Å². The second-order valence-electron chi connectivity index (χ2n) is 5.34. The second-order valence-corrected chi connectivity index (χ2v) is 6.29. The van der Waals surface area contributed by atoms with Crippen LogP contribution in [0, 0.1) is 0 Å². The SMILES string of the molecule is CN(Cc1ccccc1)C(=O)CSc1nncn1Cc1ccco1. The van der Waals surface area contributed by atoms with Gasteiger partial charge in [-0.05, 0) is 17.7 Å². The van der Waals surface area contributed by atoms with Crippen LogP contribution in [0.1, 0.15) is 11.3 Å². The molecule has 0 radical (unpaired) electrons. The molecule has 0 atom stereocenters. The molecule has 7 heteroatoms. The number of benzene rings is 1. The third-order valence-corrected chi connectivity index (χ3v) is 4.47. The Balaban J connectivity index is 1.54. The van der Waals surface area contributed by atoms with Crippen molar-refractivity contribution in [1.82, 2.24) is 19.7 Å². The molecule has 0 saturated heterocycles. The zero-order chi connectivity index (χ0) is 16.8. The van der Waals surface area contributed by atoms with Crippen molar-refractivity contribution in [2.75, 3.05) is 12.8 Å². The summed E-state index contributed by atoms with van der Waals surface area (Å²) in [7, 11) is 1.81. The van der Waals surface area contributed by atoms with Gasteiger partial charge in [0.1, 0.15) is 12.1 Å². The van der Waals surface area contributed by atoms with Crippen LogP contribution in [-0.4, -0.2) is 38.4 Å². The first-order valence-electron chi connectivity index (χ1n) is 7.53. The first-order chi connectivity index (χ1) is 11.7. The van der Waals surface area contributed by atoms with Gasteiger partial charge < -0.3 is 13.9 Å². The molecular formula is C17H18N4O2S. The van der Waals surface area contributed by atoms with Crippen LogP contribution >= 0.6 is 11.8 Å². The van der Waals surface area contributed by atoms with Crippen LogP contribution in [0.2, 0.25) is 0 Å². The summed E-state index contributed by atoms with van der Waals surface area (Å²) in [5.41, 5.74) is 1.11. The lowest BCUT2D eigenvalue weighted by atomic mass is 10.2. The van der Waals surface area contributed by atoms with Crippen LogP contribution in [0.5, 0.6) is 0 Å². The molecule has 24 heavy (non-hydrogen) atoms. The van der Waals surface area contributed by atoms with Gasteiger partial charge in [-0.3, -0.25) is 4.79 Å². The van der Waals surface area contributed by atoms with E-state index in [-0.39, 0.29) is 5.91 Å². The van der Waals surface area contributed by atoms with Gasteiger partial charge in [0.2, 0.25) is 5.91 Å². The number of aromatic nitrogens is 3. The maximum Gasteiger partial charge on any atom is 0.233 e. The van der Waals surface area contributed by atoms with Crippen LogP contribution in [0.15, 0.2) is 64.6 Å². The first kappa shape index (κ1) is 16.3. The van der Waals surface area contributed by atoms with Gasteiger partial charge in [-0.25, -0.2) is 0 Å². The van der Waals surface area contributed by atoms with Crippen LogP contribution in [-0.2, 0) is 17.9 Å². The van der Waals surface area contributed by atoms with Crippen molar-refractivity contribution < 1.29 is 9.21 Å².